The van der Waals surface area contributed by atoms with E-state index < -0.39 is 0 Å². The second kappa shape index (κ2) is 5.70. The number of aromatic amines is 1. The molecule has 0 fully saturated rings. The molecule has 3 N–H and O–H groups in total. The summed E-state index contributed by atoms with van der Waals surface area (Å²) in [5.74, 6) is -0.0770. The maximum Gasteiger partial charge on any atom is 0.267 e. The summed E-state index contributed by atoms with van der Waals surface area (Å²) in [6.45, 7) is 4.85. The average Bonchev–Trinajstić information content (AvgIpc) is 2.77. The number of carbonyl (C=O) groups is 1. The van der Waals surface area contributed by atoms with E-state index in [0.29, 0.717) is 12.2 Å². The average molecular weight is 224 g/mol. The van der Waals surface area contributed by atoms with Crippen LogP contribution in [0.2, 0.25) is 0 Å². The topological polar surface area (TPSA) is 65.1 Å². The number of H-pyrrole nitrogens is 1. The van der Waals surface area contributed by atoms with Gasteiger partial charge in [-0.3, -0.25) is 4.79 Å². The highest BCUT2D eigenvalue weighted by Crippen LogP contribution is 2.20. The Morgan fingerprint density at radius 1 is 1.56 bits per heavy atom. The number of aliphatic hydroxyl groups excluding tert-OH is 1. The Morgan fingerprint density at radius 3 is 2.88 bits per heavy atom. The summed E-state index contributed by atoms with van der Waals surface area (Å²) in [5, 5.41) is 11.9. The molecule has 0 bridgehead atoms. The largest absolute Gasteiger partial charge is 0.396 e. The van der Waals surface area contributed by atoms with Gasteiger partial charge in [0.15, 0.2) is 0 Å². The van der Waals surface area contributed by atoms with Crippen LogP contribution in [0, 0.1) is 5.41 Å². The summed E-state index contributed by atoms with van der Waals surface area (Å²) in [6, 6.07) is 3.54. The second-order valence-electron chi connectivity index (χ2n) is 4.77. The molecule has 0 spiro atoms. The van der Waals surface area contributed by atoms with E-state index in [4.69, 9.17) is 5.11 Å². The first-order valence-corrected chi connectivity index (χ1v) is 5.58. The second-order valence-corrected chi connectivity index (χ2v) is 4.77. The number of carbonyl (C=O) groups excluding carboxylic acids is 1. The van der Waals surface area contributed by atoms with Crippen molar-refractivity contribution >= 4 is 5.91 Å². The van der Waals surface area contributed by atoms with E-state index in [1.165, 1.54) is 0 Å². The van der Waals surface area contributed by atoms with E-state index in [2.05, 4.69) is 10.3 Å². The van der Waals surface area contributed by atoms with Crippen LogP contribution in [0.1, 0.15) is 37.2 Å². The molecule has 0 radical (unpaired) electrons. The first-order valence-electron chi connectivity index (χ1n) is 5.58. The van der Waals surface area contributed by atoms with Crippen LogP contribution < -0.4 is 5.32 Å². The van der Waals surface area contributed by atoms with Crippen LogP contribution in [0.5, 0.6) is 0 Å². The van der Waals surface area contributed by atoms with E-state index in [1.54, 1.807) is 18.3 Å². The van der Waals surface area contributed by atoms with Gasteiger partial charge in [0.1, 0.15) is 5.69 Å². The Morgan fingerprint density at radius 2 is 2.31 bits per heavy atom. The molecule has 0 aromatic carbocycles. The monoisotopic (exact) mass is 224 g/mol. The van der Waals surface area contributed by atoms with Crippen LogP contribution in [0.4, 0.5) is 0 Å². The molecular formula is C12H20N2O2. The van der Waals surface area contributed by atoms with Crippen molar-refractivity contribution in [1.82, 2.24) is 10.3 Å². The SMILES string of the molecule is CC(C)(CO)CCCNC(=O)c1ccc[nH]1. The van der Waals surface area contributed by atoms with E-state index >= 15 is 0 Å². The third kappa shape index (κ3) is 4.06. The van der Waals surface area contributed by atoms with E-state index in [1.807, 2.05) is 13.8 Å². The minimum absolute atomic E-state index is 0.0584. The zero-order valence-electron chi connectivity index (χ0n) is 9.92. The molecule has 4 nitrogen and oxygen atoms in total. The van der Waals surface area contributed by atoms with Gasteiger partial charge >= 0.3 is 0 Å². The molecule has 0 saturated heterocycles. The minimum atomic E-state index is -0.0770. The molecule has 90 valence electrons. The van der Waals surface area contributed by atoms with Crippen molar-refractivity contribution in [1.29, 1.82) is 0 Å². The van der Waals surface area contributed by atoms with E-state index in [9.17, 15) is 4.79 Å². The quantitative estimate of drug-likeness (QED) is 0.642. The number of nitrogens with one attached hydrogen (secondary N) is 2. The summed E-state index contributed by atoms with van der Waals surface area (Å²) < 4.78 is 0. The van der Waals surface area contributed by atoms with Crippen LogP contribution in [0.25, 0.3) is 0 Å². The van der Waals surface area contributed by atoms with Gasteiger partial charge in [-0.2, -0.15) is 0 Å². The lowest BCUT2D eigenvalue weighted by molar-refractivity contribution is 0.0944. The van der Waals surface area contributed by atoms with Crippen molar-refractivity contribution in [3.63, 3.8) is 0 Å². The summed E-state index contributed by atoms with van der Waals surface area (Å²) in [4.78, 5) is 14.4. The number of hydrogen-bond donors (Lipinski definition) is 3. The van der Waals surface area contributed by atoms with Crippen LogP contribution in [0.3, 0.4) is 0 Å². The van der Waals surface area contributed by atoms with Gasteiger partial charge in [-0.15, -0.1) is 0 Å². The highest BCUT2D eigenvalue weighted by Gasteiger charge is 2.15. The van der Waals surface area contributed by atoms with Gasteiger partial charge in [0.05, 0.1) is 0 Å². The molecule has 0 aliphatic heterocycles. The lowest BCUT2D eigenvalue weighted by Crippen LogP contribution is -2.26. The highest BCUT2D eigenvalue weighted by atomic mass is 16.3. The molecule has 1 heterocycles. The van der Waals surface area contributed by atoms with Crippen molar-refractivity contribution < 1.29 is 9.90 Å². The number of aromatic nitrogens is 1. The normalized spacial score (nSPS) is 11.4. The van der Waals surface area contributed by atoms with E-state index in [-0.39, 0.29) is 17.9 Å². The summed E-state index contributed by atoms with van der Waals surface area (Å²) >= 11 is 0. The highest BCUT2D eigenvalue weighted by molar-refractivity contribution is 5.92. The molecular weight excluding hydrogens is 204 g/mol. The fourth-order valence-electron chi connectivity index (χ4n) is 1.41. The number of amides is 1. The van der Waals surface area contributed by atoms with Gasteiger partial charge in [-0.05, 0) is 30.4 Å². The minimum Gasteiger partial charge on any atom is -0.396 e. The summed E-state index contributed by atoms with van der Waals surface area (Å²) in [5.41, 5.74) is 0.526. The van der Waals surface area contributed by atoms with Gasteiger partial charge in [0.25, 0.3) is 5.91 Å². The Labute approximate surface area is 96.1 Å². The lowest BCUT2D eigenvalue weighted by atomic mass is 9.89. The first-order chi connectivity index (χ1) is 7.55. The third-order valence-electron chi connectivity index (χ3n) is 2.59. The Kier molecular flexibility index (Phi) is 4.55. The molecule has 0 aliphatic carbocycles. The van der Waals surface area contributed by atoms with Gasteiger partial charge in [-0.1, -0.05) is 13.8 Å². The van der Waals surface area contributed by atoms with Crippen LogP contribution in [0.15, 0.2) is 18.3 Å². The predicted octanol–water partition coefficient (Wildman–Crippen LogP) is 1.54. The van der Waals surface area contributed by atoms with Gasteiger partial charge in [0.2, 0.25) is 0 Å². The molecule has 0 atom stereocenters. The molecule has 4 heteroatoms. The maximum atomic E-state index is 11.5. The number of aliphatic hydroxyl groups is 1. The first kappa shape index (κ1) is 12.8. The van der Waals surface area contributed by atoms with Crippen LogP contribution in [-0.4, -0.2) is 29.1 Å². The Hall–Kier alpha value is -1.29. The Bertz CT molecular complexity index is 318. The molecule has 16 heavy (non-hydrogen) atoms. The van der Waals surface area contributed by atoms with Gasteiger partial charge in [0, 0.05) is 19.3 Å². The standard InChI is InChI=1S/C12H20N2O2/c1-12(2,9-15)6-4-8-14-11(16)10-5-3-7-13-10/h3,5,7,13,15H,4,6,8-9H2,1-2H3,(H,14,16). The predicted molar refractivity (Wildman–Crippen MR) is 63.2 cm³/mol. The van der Waals surface area contributed by atoms with Crippen molar-refractivity contribution in [2.24, 2.45) is 5.41 Å². The molecule has 1 aromatic heterocycles. The lowest BCUT2D eigenvalue weighted by Gasteiger charge is -2.21. The maximum absolute atomic E-state index is 11.5. The summed E-state index contributed by atoms with van der Waals surface area (Å²) in [6.07, 6.45) is 3.50. The van der Waals surface area contributed by atoms with Crippen LogP contribution >= 0.6 is 0 Å². The number of rotatable bonds is 6. The zero-order valence-corrected chi connectivity index (χ0v) is 9.92. The van der Waals surface area contributed by atoms with Gasteiger partial charge < -0.3 is 15.4 Å². The molecule has 0 saturated carbocycles. The van der Waals surface area contributed by atoms with Crippen molar-refractivity contribution in [3.8, 4) is 0 Å². The molecule has 0 unspecified atom stereocenters. The fraction of sp³-hybridized carbons (Fsp3) is 0.583. The number of hydrogen-bond acceptors (Lipinski definition) is 2. The molecule has 1 aromatic rings. The van der Waals surface area contributed by atoms with Crippen molar-refractivity contribution in [2.75, 3.05) is 13.2 Å². The molecule has 1 rings (SSSR count). The summed E-state index contributed by atoms with van der Waals surface area (Å²) in [7, 11) is 0. The van der Waals surface area contributed by atoms with Gasteiger partial charge in [-0.25, -0.2) is 0 Å². The fourth-order valence-corrected chi connectivity index (χ4v) is 1.41. The van der Waals surface area contributed by atoms with E-state index in [0.717, 1.165) is 12.8 Å². The third-order valence-corrected chi connectivity index (χ3v) is 2.59. The molecule has 0 aliphatic rings. The zero-order chi connectivity index (χ0) is 12.0. The Balaban J connectivity index is 2.19. The van der Waals surface area contributed by atoms with Crippen LogP contribution in [-0.2, 0) is 0 Å². The molecule has 1 amide bonds. The smallest absolute Gasteiger partial charge is 0.267 e. The van der Waals surface area contributed by atoms with Crippen molar-refractivity contribution in [2.45, 2.75) is 26.7 Å². The van der Waals surface area contributed by atoms with Crippen molar-refractivity contribution in [3.05, 3.63) is 24.0 Å².